The molecule has 2 unspecified atom stereocenters. The number of benzene rings is 1. The average molecular weight is 306 g/mol. The molecule has 5 heteroatoms. The van der Waals surface area contributed by atoms with Crippen LogP contribution in [0.1, 0.15) is 31.2 Å². The maximum Gasteiger partial charge on any atom is 0.220 e. The van der Waals surface area contributed by atoms with Gasteiger partial charge in [0.15, 0.2) is 0 Å². The van der Waals surface area contributed by atoms with Gasteiger partial charge in [0.05, 0.1) is 14.2 Å². The van der Waals surface area contributed by atoms with E-state index in [4.69, 9.17) is 15.2 Å². The molecule has 0 aromatic heterocycles. The van der Waals surface area contributed by atoms with E-state index in [1.165, 1.54) is 0 Å². The number of ether oxygens (including phenoxy) is 2. The maximum atomic E-state index is 12.2. The molecule has 1 aliphatic carbocycles. The van der Waals surface area contributed by atoms with E-state index < -0.39 is 0 Å². The molecule has 1 saturated carbocycles. The van der Waals surface area contributed by atoms with Crippen molar-refractivity contribution < 1.29 is 14.3 Å². The molecular weight excluding hydrogens is 280 g/mol. The molecule has 1 aromatic carbocycles. The number of nitrogens with two attached hydrogens (primary N) is 1. The number of carbonyl (C=O) groups excluding carboxylic acids is 1. The molecule has 5 nitrogen and oxygen atoms in total. The van der Waals surface area contributed by atoms with Crippen molar-refractivity contribution in [1.82, 2.24) is 5.32 Å². The van der Waals surface area contributed by atoms with Gasteiger partial charge in [0, 0.05) is 12.5 Å². The molecule has 22 heavy (non-hydrogen) atoms. The van der Waals surface area contributed by atoms with Crippen LogP contribution in [0.4, 0.5) is 0 Å². The second-order valence-corrected chi connectivity index (χ2v) is 5.78. The molecular formula is C17H26N2O3. The zero-order chi connectivity index (χ0) is 15.9. The van der Waals surface area contributed by atoms with Crippen LogP contribution in [0.3, 0.4) is 0 Å². The third kappa shape index (κ3) is 4.13. The van der Waals surface area contributed by atoms with Crippen LogP contribution in [0.15, 0.2) is 18.2 Å². The van der Waals surface area contributed by atoms with E-state index in [1.807, 2.05) is 18.2 Å². The minimum atomic E-state index is 0.0789. The highest BCUT2D eigenvalue weighted by molar-refractivity contribution is 5.76. The van der Waals surface area contributed by atoms with Crippen molar-refractivity contribution in [3.05, 3.63) is 23.8 Å². The lowest BCUT2D eigenvalue weighted by Crippen LogP contribution is -2.39. The minimum Gasteiger partial charge on any atom is -0.497 e. The zero-order valence-electron chi connectivity index (χ0n) is 13.4. The van der Waals surface area contributed by atoms with Crippen LogP contribution in [0.5, 0.6) is 11.5 Å². The molecule has 0 spiro atoms. The Balaban J connectivity index is 1.90. The Morgan fingerprint density at radius 1 is 1.32 bits per heavy atom. The van der Waals surface area contributed by atoms with Crippen LogP contribution < -0.4 is 20.5 Å². The largest absolute Gasteiger partial charge is 0.497 e. The molecule has 0 bridgehead atoms. The standard InChI is InChI=1S/C17H26N2O3/c1-21-14-7-8-16(22-2)12(10-14)6-9-17(20)19-15-5-3-4-13(15)11-18/h7-8,10,13,15H,3-6,9,11,18H2,1-2H3,(H,19,20). The molecule has 1 amide bonds. The van der Waals surface area contributed by atoms with E-state index in [0.29, 0.717) is 25.3 Å². The second kappa shape index (κ2) is 8.03. The number of aryl methyl sites for hydroxylation is 1. The monoisotopic (exact) mass is 306 g/mol. The third-order valence-corrected chi connectivity index (χ3v) is 4.42. The van der Waals surface area contributed by atoms with E-state index in [2.05, 4.69) is 5.32 Å². The third-order valence-electron chi connectivity index (χ3n) is 4.42. The Bertz CT molecular complexity index is 505. The highest BCUT2D eigenvalue weighted by atomic mass is 16.5. The highest BCUT2D eigenvalue weighted by Gasteiger charge is 2.27. The maximum absolute atomic E-state index is 12.2. The number of carbonyl (C=O) groups is 1. The van der Waals surface area contributed by atoms with Crippen LogP contribution >= 0.6 is 0 Å². The summed E-state index contributed by atoms with van der Waals surface area (Å²) in [6, 6.07) is 5.88. The van der Waals surface area contributed by atoms with Crippen LogP contribution in [-0.2, 0) is 11.2 Å². The van der Waals surface area contributed by atoms with Gasteiger partial charge in [-0.2, -0.15) is 0 Å². The number of rotatable bonds is 7. The smallest absolute Gasteiger partial charge is 0.220 e. The molecule has 0 aliphatic heterocycles. The summed E-state index contributed by atoms with van der Waals surface area (Å²) in [5.74, 6) is 2.06. The summed E-state index contributed by atoms with van der Waals surface area (Å²) in [5.41, 5.74) is 6.74. The summed E-state index contributed by atoms with van der Waals surface area (Å²) in [5, 5.41) is 3.13. The number of amides is 1. The molecule has 1 fully saturated rings. The fourth-order valence-corrected chi connectivity index (χ4v) is 3.11. The predicted octanol–water partition coefficient (Wildman–Crippen LogP) is 1.88. The normalized spacial score (nSPS) is 20.7. The summed E-state index contributed by atoms with van der Waals surface area (Å²) < 4.78 is 10.6. The lowest BCUT2D eigenvalue weighted by Gasteiger charge is -2.19. The van der Waals surface area contributed by atoms with E-state index >= 15 is 0 Å². The van der Waals surface area contributed by atoms with Gasteiger partial charge >= 0.3 is 0 Å². The number of nitrogens with one attached hydrogen (secondary N) is 1. The molecule has 2 rings (SSSR count). The van der Waals surface area contributed by atoms with Crippen molar-refractivity contribution in [2.45, 2.75) is 38.1 Å². The van der Waals surface area contributed by atoms with E-state index in [0.717, 1.165) is 36.3 Å². The van der Waals surface area contributed by atoms with Crippen LogP contribution in [0.2, 0.25) is 0 Å². The van der Waals surface area contributed by atoms with Crippen molar-refractivity contribution in [2.24, 2.45) is 11.7 Å². The van der Waals surface area contributed by atoms with Gasteiger partial charge in [-0.15, -0.1) is 0 Å². The Morgan fingerprint density at radius 2 is 2.14 bits per heavy atom. The molecule has 0 radical (unpaired) electrons. The van der Waals surface area contributed by atoms with Crippen molar-refractivity contribution in [3.63, 3.8) is 0 Å². The molecule has 1 aromatic rings. The average Bonchev–Trinajstić information content (AvgIpc) is 2.99. The number of hydrogen-bond acceptors (Lipinski definition) is 4. The van der Waals surface area contributed by atoms with Gasteiger partial charge in [-0.1, -0.05) is 6.42 Å². The van der Waals surface area contributed by atoms with Gasteiger partial charge in [-0.25, -0.2) is 0 Å². The first-order valence-corrected chi connectivity index (χ1v) is 7.88. The summed E-state index contributed by atoms with van der Waals surface area (Å²) in [4.78, 5) is 12.2. The molecule has 3 N–H and O–H groups in total. The first kappa shape index (κ1) is 16.6. The van der Waals surface area contributed by atoms with E-state index in [9.17, 15) is 4.79 Å². The van der Waals surface area contributed by atoms with Crippen LogP contribution in [0.25, 0.3) is 0 Å². The van der Waals surface area contributed by atoms with Crippen molar-refractivity contribution in [2.75, 3.05) is 20.8 Å². The first-order valence-electron chi connectivity index (χ1n) is 7.88. The van der Waals surface area contributed by atoms with Gasteiger partial charge in [0.2, 0.25) is 5.91 Å². The van der Waals surface area contributed by atoms with Gasteiger partial charge in [-0.05, 0) is 55.5 Å². The summed E-state index contributed by atoms with van der Waals surface area (Å²) >= 11 is 0. The molecule has 2 atom stereocenters. The van der Waals surface area contributed by atoms with Crippen LogP contribution in [-0.4, -0.2) is 32.7 Å². The van der Waals surface area contributed by atoms with Crippen LogP contribution in [0, 0.1) is 5.92 Å². The van der Waals surface area contributed by atoms with E-state index in [-0.39, 0.29) is 11.9 Å². The Kier molecular flexibility index (Phi) is 6.07. The van der Waals surface area contributed by atoms with Gasteiger partial charge in [0.1, 0.15) is 11.5 Å². The fraction of sp³-hybridized carbons (Fsp3) is 0.588. The molecule has 0 saturated heterocycles. The van der Waals surface area contributed by atoms with Gasteiger partial charge in [-0.3, -0.25) is 4.79 Å². The topological polar surface area (TPSA) is 73.6 Å². The SMILES string of the molecule is COc1ccc(OC)c(CCC(=O)NC2CCCC2CN)c1. The van der Waals surface area contributed by atoms with Gasteiger partial charge < -0.3 is 20.5 Å². The lowest BCUT2D eigenvalue weighted by atomic mass is 10.0. The van der Waals surface area contributed by atoms with Gasteiger partial charge in [0.25, 0.3) is 0 Å². The highest BCUT2D eigenvalue weighted by Crippen LogP contribution is 2.26. The molecule has 0 heterocycles. The predicted molar refractivity (Wildman–Crippen MR) is 86.2 cm³/mol. The summed E-state index contributed by atoms with van der Waals surface area (Å²) in [6.07, 6.45) is 4.38. The Labute approximate surface area is 132 Å². The summed E-state index contributed by atoms with van der Waals surface area (Å²) in [6.45, 7) is 0.647. The van der Waals surface area contributed by atoms with Crippen molar-refractivity contribution >= 4 is 5.91 Å². The molecule has 1 aliphatic rings. The quantitative estimate of drug-likeness (QED) is 0.806. The number of hydrogen-bond donors (Lipinski definition) is 2. The second-order valence-electron chi connectivity index (χ2n) is 5.78. The summed E-state index contributed by atoms with van der Waals surface area (Å²) in [7, 11) is 3.26. The zero-order valence-corrected chi connectivity index (χ0v) is 13.4. The molecule has 122 valence electrons. The van der Waals surface area contributed by atoms with Crippen molar-refractivity contribution in [3.8, 4) is 11.5 Å². The Hall–Kier alpha value is -1.75. The Morgan fingerprint density at radius 3 is 2.82 bits per heavy atom. The number of methoxy groups -OCH3 is 2. The van der Waals surface area contributed by atoms with E-state index in [1.54, 1.807) is 14.2 Å². The first-order chi connectivity index (χ1) is 10.7. The minimum absolute atomic E-state index is 0.0789. The fourth-order valence-electron chi connectivity index (χ4n) is 3.11. The van der Waals surface area contributed by atoms with Crippen molar-refractivity contribution in [1.29, 1.82) is 0 Å². The lowest BCUT2D eigenvalue weighted by molar-refractivity contribution is -0.122.